The molecule has 3 rings (SSSR count). The van der Waals surface area contributed by atoms with E-state index in [9.17, 15) is 4.79 Å². The van der Waals surface area contributed by atoms with E-state index in [4.69, 9.17) is 4.74 Å². The minimum absolute atomic E-state index is 0.246. The molecule has 2 aromatic rings. The predicted molar refractivity (Wildman–Crippen MR) is 106 cm³/mol. The molecule has 2 amide bonds. The molecule has 0 spiro atoms. The third-order valence-corrected chi connectivity index (χ3v) is 4.55. The maximum absolute atomic E-state index is 12.1. The molecule has 1 aromatic heterocycles. The van der Waals surface area contributed by atoms with Crippen molar-refractivity contribution < 1.29 is 9.53 Å². The van der Waals surface area contributed by atoms with Gasteiger partial charge in [0.25, 0.3) is 0 Å². The lowest BCUT2D eigenvalue weighted by molar-refractivity contribution is 0.239. The standard InChI is InChI=1S/C20H29N5O2/c1-15(2)13-24-9-4-10-25-18(14-24)11-17(23-25)12-21-20(26)22-16-5-7-19(27-3)8-6-16/h5-8,11,15H,4,9-10,12-14H2,1-3H3,(H2,21,22,26). The number of aryl methyl sites for hydroxylation is 1. The van der Waals surface area contributed by atoms with Crippen molar-refractivity contribution in [3.63, 3.8) is 0 Å². The second-order valence-corrected chi connectivity index (χ2v) is 7.37. The maximum atomic E-state index is 12.1. The van der Waals surface area contributed by atoms with Crippen molar-refractivity contribution >= 4 is 11.7 Å². The van der Waals surface area contributed by atoms with E-state index in [2.05, 4.69) is 45.2 Å². The molecule has 0 unspecified atom stereocenters. The highest BCUT2D eigenvalue weighted by molar-refractivity contribution is 5.89. The van der Waals surface area contributed by atoms with Crippen molar-refractivity contribution in [2.75, 3.05) is 25.5 Å². The summed E-state index contributed by atoms with van der Waals surface area (Å²) in [5.41, 5.74) is 2.83. The molecule has 0 fully saturated rings. The van der Waals surface area contributed by atoms with Crippen LogP contribution in [0.1, 0.15) is 31.7 Å². The van der Waals surface area contributed by atoms with Crippen LogP contribution in [0, 0.1) is 5.92 Å². The zero-order valence-electron chi connectivity index (χ0n) is 16.4. The number of nitrogens with one attached hydrogen (secondary N) is 2. The Bertz CT molecular complexity index is 754. The number of hydrogen-bond acceptors (Lipinski definition) is 4. The molecule has 0 radical (unpaired) electrons. The highest BCUT2D eigenvalue weighted by Gasteiger charge is 2.17. The third kappa shape index (κ3) is 5.47. The lowest BCUT2D eigenvalue weighted by Gasteiger charge is -2.21. The number of benzene rings is 1. The molecular weight excluding hydrogens is 342 g/mol. The fourth-order valence-corrected chi connectivity index (χ4v) is 3.37. The number of rotatable bonds is 6. The average Bonchev–Trinajstić information content (AvgIpc) is 2.92. The van der Waals surface area contributed by atoms with Gasteiger partial charge in [-0.3, -0.25) is 9.58 Å². The first-order chi connectivity index (χ1) is 13.0. The van der Waals surface area contributed by atoms with Crippen LogP contribution in [0.4, 0.5) is 10.5 Å². The molecule has 0 atom stereocenters. The summed E-state index contributed by atoms with van der Waals surface area (Å²) in [7, 11) is 1.61. The first kappa shape index (κ1) is 19.2. The fraction of sp³-hybridized carbons (Fsp3) is 0.500. The monoisotopic (exact) mass is 371 g/mol. The number of methoxy groups -OCH3 is 1. The molecule has 1 aliphatic heterocycles. The van der Waals surface area contributed by atoms with Gasteiger partial charge in [-0.2, -0.15) is 5.10 Å². The number of amides is 2. The van der Waals surface area contributed by atoms with Gasteiger partial charge in [0, 0.05) is 31.9 Å². The summed E-state index contributed by atoms with van der Waals surface area (Å²) in [6, 6.07) is 9.09. The molecule has 0 aliphatic carbocycles. The number of carbonyl (C=O) groups is 1. The van der Waals surface area contributed by atoms with Crippen LogP contribution >= 0.6 is 0 Å². The number of urea groups is 1. The van der Waals surface area contributed by atoms with Crippen molar-refractivity contribution in [1.82, 2.24) is 20.0 Å². The van der Waals surface area contributed by atoms with Gasteiger partial charge < -0.3 is 15.4 Å². The average molecular weight is 371 g/mol. The van der Waals surface area contributed by atoms with Crippen LogP contribution in [0.25, 0.3) is 0 Å². The first-order valence-corrected chi connectivity index (χ1v) is 9.50. The summed E-state index contributed by atoms with van der Waals surface area (Å²) in [6.45, 7) is 8.97. The summed E-state index contributed by atoms with van der Waals surface area (Å²) in [5, 5.41) is 10.3. The van der Waals surface area contributed by atoms with Gasteiger partial charge in [-0.15, -0.1) is 0 Å². The molecule has 7 nitrogen and oxygen atoms in total. The smallest absolute Gasteiger partial charge is 0.319 e. The minimum atomic E-state index is -0.246. The van der Waals surface area contributed by atoms with Crippen molar-refractivity contribution in [1.29, 1.82) is 0 Å². The number of carbonyl (C=O) groups excluding carboxylic acids is 1. The summed E-state index contributed by atoms with van der Waals surface area (Å²) in [5.74, 6) is 1.41. The highest BCUT2D eigenvalue weighted by Crippen LogP contribution is 2.16. The van der Waals surface area contributed by atoms with E-state index in [-0.39, 0.29) is 6.03 Å². The maximum Gasteiger partial charge on any atom is 0.319 e. The molecule has 7 heteroatoms. The Hall–Kier alpha value is -2.54. The number of fused-ring (bicyclic) bond motifs is 1. The predicted octanol–water partition coefficient (Wildman–Crippen LogP) is 3.08. The number of anilines is 1. The second-order valence-electron chi connectivity index (χ2n) is 7.37. The van der Waals surface area contributed by atoms with Crippen molar-refractivity contribution in [3.05, 3.63) is 41.7 Å². The summed E-state index contributed by atoms with van der Waals surface area (Å²) in [6.07, 6.45) is 1.10. The molecule has 2 heterocycles. The normalized spacial score (nSPS) is 14.5. The van der Waals surface area contributed by atoms with Gasteiger partial charge in [0.05, 0.1) is 25.0 Å². The lowest BCUT2D eigenvalue weighted by Crippen LogP contribution is -2.28. The van der Waals surface area contributed by atoms with Crippen LogP contribution < -0.4 is 15.4 Å². The topological polar surface area (TPSA) is 71.4 Å². The molecule has 0 saturated heterocycles. The van der Waals surface area contributed by atoms with Crippen LogP contribution in [-0.4, -0.2) is 40.9 Å². The number of hydrogen-bond donors (Lipinski definition) is 2. The van der Waals surface area contributed by atoms with E-state index in [0.717, 1.165) is 49.7 Å². The lowest BCUT2D eigenvalue weighted by atomic mass is 10.2. The Morgan fingerprint density at radius 2 is 2.04 bits per heavy atom. The van der Waals surface area contributed by atoms with Crippen molar-refractivity contribution in [2.24, 2.45) is 5.92 Å². The van der Waals surface area contributed by atoms with E-state index in [1.165, 1.54) is 5.69 Å². The van der Waals surface area contributed by atoms with Gasteiger partial charge in [0.2, 0.25) is 0 Å². The second kappa shape index (κ2) is 8.90. The van der Waals surface area contributed by atoms with Gasteiger partial charge in [-0.25, -0.2) is 4.79 Å². The highest BCUT2D eigenvalue weighted by atomic mass is 16.5. The van der Waals surface area contributed by atoms with E-state index in [1.54, 1.807) is 19.2 Å². The molecule has 2 N–H and O–H groups in total. The molecule has 27 heavy (non-hydrogen) atoms. The summed E-state index contributed by atoms with van der Waals surface area (Å²) >= 11 is 0. The zero-order valence-corrected chi connectivity index (χ0v) is 16.4. The minimum Gasteiger partial charge on any atom is -0.497 e. The van der Waals surface area contributed by atoms with Crippen LogP contribution in [0.2, 0.25) is 0 Å². The van der Waals surface area contributed by atoms with Gasteiger partial charge in [-0.1, -0.05) is 13.8 Å². The number of aromatic nitrogens is 2. The van der Waals surface area contributed by atoms with Crippen molar-refractivity contribution in [3.8, 4) is 5.75 Å². The van der Waals surface area contributed by atoms with E-state index >= 15 is 0 Å². The Labute approximate surface area is 160 Å². The van der Waals surface area contributed by atoms with Gasteiger partial charge in [-0.05, 0) is 42.7 Å². The Kier molecular flexibility index (Phi) is 6.34. The summed E-state index contributed by atoms with van der Waals surface area (Å²) in [4.78, 5) is 14.6. The number of nitrogens with zero attached hydrogens (tertiary/aromatic N) is 3. The fourth-order valence-electron chi connectivity index (χ4n) is 3.37. The first-order valence-electron chi connectivity index (χ1n) is 9.50. The molecule has 146 valence electrons. The van der Waals surface area contributed by atoms with Crippen LogP contribution in [0.15, 0.2) is 30.3 Å². The van der Waals surface area contributed by atoms with E-state index < -0.39 is 0 Å². The van der Waals surface area contributed by atoms with E-state index in [1.807, 2.05) is 12.1 Å². The van der Waals surface area contributed by atoms with Gasteiger partial charge >= 0.3 is 6.03 Å². The van der Waals surface area contributed by atoms with E-state index in [0.29, 0.717) is 12.5 Å². The van der Waals surface area contributed by atoms with Gasteiger partial charge in [0.15, 0.2) is 0 Å². The zero-order chi connectivity index (χ0) is 19.2. The molecule has 0 bridgehead atoms. The van der Waals surface area contributed by atoms with Gasteiger partial charge in [0.1, 0.15) is 5.75 Å². The Morgan fingerprint density at radius 3 is 2.74 bits per heavy atom. The molecular formula is C20H29N5O2. The van der Waals surface area contributed by atoms with Crippen molar-refractivity contribution in [2.45, 2.75) is 39.9 Å². The molecule has 1 aliphatic rings. The van der Waals surface area contributed by atoms with Crippen LogP contribution in [-0.2, 0) is 19.6 Å². The number of ether oxygens (including phenoxy) is 1. The van der Waals surface area contributed by atoms with Crippen LogP contribution in [0.3, 0.4) is 0 Å². The van der Waals surface area contributed by atoms with Crippen LogP contribution in [0.5, 0.6) is 5.75 Å². The Balaban J connectivity index is 1.53. The largest absolute Gasteiger partial charge is 0.497 e. The molecule has 1 aromatic carbocycles. The third-order valence-electron chi connectivity index (χ3n) is 4.55. The molecule has 0 saturated carbocycles. The quantitative estimate of drug-likeness (QED) is 0.819. The SMILES string of the molecule is COc1ccc(NC(=O)NCc2cc3n(n2)CCCN(CC(C)C)C3)cc1. The summed E-state index contributed by atoms with van der Waals surface area (Å²) < 4.78 is 7.20. The Morgan fingerprint density at radius 1 is 1.26 bits per heavy atom.